The summed E-state index contributed by atoms with van der Waals surface area (Å²) in [5.74, 6) is 0.790. The fourth-order valence-corrected chi connectivity index (χ4v) is 2.68. The Labute approximate surface area is 117 Å². The van der Waals surface area contributed by atoms with Crippen molar-refractivity contribution in [1.29, 1.82) is 0 Å². The third-order valence-corrected chi connectivity index (χ3v) is 3.74. The molecule has 18 heavy (non-hydrogen) atoms. The summed E-state index contributed by atoms with van der Waals surface area (Å²) in [6, 6.07) is 0.483. The second-order valence-electron chi connectivity index (χ2n) is 6.77. The van der Waals surface area contributed by atoms with Crippen molar-refractivity contribution in [2.75, 3.05) is 0 Å². The van der Waals surface area contributed by atoms with E-state index in [4.69, 9.17) is 12.2 Å². The predicted molar refractivity (Wildman–Crippen MR) is 81.7 cm³/mol. The van der Waals surface area contributed by atoms with Crippen molar-refractivity contribution >= 4 is 12.2 Å². The smallest absolute Gasteiger partial charge is 0.177 e. The molecule has 1 unspecified atom stereocenters. The summed E-state index contributed by atoms with van der Waals surface area (Å²) in [7, 11) is 0. The molecule has 1 rings (SSSR count). The molecule has 0 bridgehead atoms. The predicted octanol–water partition coefficient (Wildman–Crippen LogP) is 5.23. The van der Waals surface area contributed by atoms with Gasteiger partial charge in [0.2, 0.25) is 0 Å². The summed E-state index contributed by atoms with van der Waals surface area (Å²) in [5.41, 5.74) is 1.45. The highest BCUT2D eigenvalue weighted by molar-refractivity contribution is 7.71. The molecule has 0 saturated heterocycles. The lowest BCUT2D eigenvalue weighted by atomic mass is 9.92. The molecule has 1 atom stereocenters. The van der Waals surface area contributed by atoms with Gasteiger partial charge in [-0.25, -0.2) is 0 Å². The van der Waals surface area contributed by atoms with Crippen molar-refractivity contribution in [3.8, 4) is 0 Å². The number of nitrogens with zero attached hydrogens (tertiary/aromatic N) is 1. The van der Waals surface area contributed by atoms with Gasteiger partial charge in [-0.1, -0.05) is 47.5 Å². The van der Waals surface area contributed by atoms with E-state index < -0.39 is 0 Å². The monoisotopic (exact) mass is 268 g/mol. The number of aromatic amines is 1. The third-order valence-electron chi connectivity index (χ3n) is 3.42. The van der Waals surface area contributed by atoms with Crippen molar-refractivity contribution in [2.45, 2.75) is 72.3 Å². The van der Waals surface area contributed by atoms with Crippen molar-refractivity contribution in [3.63, 3.8) is 0 Å². The van der Waals surface area contributed by atoms with Crippen LogP contribution in [0, 0.1) is 10.7 Å². The van der Waals surface area contributed by atoms with Crippen LogP contribution in [-0.4, -0.2) is 9.55 Å². The Hall–Kier alpha value is -0.570. The molecule has 1 aromatic rings. The van der Waals surface area contributed by atoms with Gasteiger partial charge >= 0.3 is 0 Å². The van der Waals surface area contributed by atoms with Crippen molar-refractivity contribution in [1.82, 2.24) is 9.55 Å². The van der Waals surface area contributed by atoms with E-state index in [2.05, 4.69) is 57.3 Å². The summed E-state index contributed by atoms with van der Waals surface area (Å²) in [6.45, 7) is 13.6. The van der Waals surface area contributed by atoms with Crippen LogP contribution in [0.1, 0.15) is 72.5 Å². The third kappa shape index (κ3) is 3.98. The quantitative estimate of drug-likeness (QED) is 0.725. The molecule has 0 aromatic carbocycles. The molecule has 0 spiro atoms. The number of imidazole rings is 1. The number of hydrogen-bond acceptors (Lipinski definition) is 1. The molecule has 0 aliphatic carbocycles. The molecule has 0 radical (unpaired) electrons. The highest BCUT2D eigenvalue weighted by Crippen LogP contribution is 2.27. The molecule has 0 aliphatic rings. The Morgan fingerprint density at radius 2 is 1.83 bits per heavy atom. The molecule has 0 fully saturated rings. The SMILES string of the molecule is CC(C)CCCC(C)n1c(C(C)(C)C)c[nH]c1=S. The molecule has 0 aliphatic heterocycles. The van der Waals surface area contributed by atoms with Crippen LogP contribution in [0.4, 0.5) is 0 Å². The van der Waals surface area contributed by atoms with Crippen LogP contribution < -0.4 is 0 Å². The average molecular weight is 268 g/mol. The minimum atomic E-state index is 0.139. The Morgan fingerprint density at radius 1 is 1.22 bits per heavy atom. The summed E-state index contributed by atoms with van der Waals surface area (Å²) in [4.78, 5) is 3.20. The van der Waals surface area contributed by atoms with Gasteiger partial charge in [0.15, 0.2) is 4.77 Å². The van der Waals surface area contributed by atoms with Crippen LogP contribution in [0.5, 0.6) is 0 Å². The molecule has 2 nitrogen and oxygen atoms in total. The van der Waals surface area contributed by atoms with Gasteiger partial charge in [0.05, 0.1) is 0 Å². The molecule has 1 N–H and O–H groups in total. The first-order valence-electron chi connectivity index (χ1n) is 7.04. The van der Waals surface area contributed by atoms with E-state index in [-0.39, 0.29) is 5.41 Å². The number of rotatable bonds is 5. The van der Waals surface area contributed by atoms with Gasteiger partial charge < -0.3 is 9.55 Å². The van der Waals surface area contributed by atoms with Crippen LogP contribution in [0.2, 0.25) is 0 Å². The lowest BCUT2D eigenvalue weighted by Crippen LogP contribution is -2.20. The van der Waals surface area contributed by atoms with Gasteiger partial charge in [0, 0.05) is 23.3 Å². The first-order chi connectivity index (χ1) is 8.23. The first kappa shape index (κ1) is 15.5. The summed E-state index contributed by atoms with van der Waals surface area (Å²) >= 11 is 5.43. The molecule has 3 heteroatoms. The van der Waals surface area contributed by atoms with Crippen molar-refractivity contribution < 1.29 is 0 Å². The van der Waals surface area contributed by atoms with E-state index in [0.717, 1.165) is 10.7 Å². The van der Waals surface area contributed by atoms with E-state index in [1.54, 1.807) is 0 Å². The zero-order valence-electron chi connectivity index (χ0n) is 12.7. The number of aromatic nitrogens is 2. The average Bonchev–Trinajstić information content (AvgIpc) is 2.58. The zero-order chi connectivity index (χ0) is 13.9. The Kier molecular flexibility index (Phi) is 5.20. The lowest BCUT2D eigenvalue weighted by Gasteiger charge is -2.25. The van der Waals surface area contributed by atoms with Crippen LogP contribution >= 0.6 is 12.2 Å². The van der Waals surface area contributed by atoms with Gasteiger partial charge in [-0.05, 0) is 31.5 Å². The molecule has 0 saturated carbocycles. The zero-order valence-corrected chi connectivity index (χ0v) is 13.5. The Balaban J connectivity index is 2.82. The van der Waals surface area contributed by atoms with Gasteiger partial charge in [-0.3, -0.25) is 0 Å². The van der Waals surface area contributed by atoms with E-state index in [1.807, 2.05) is 0 Å². The van der Waals surface area contributed by atoms with Crippen LogP contribution in [0.3, 0.4) is 0 Å². The standard InChI is InChI=1S/C15H28N2S/c1-11(2)8-7-9-12(3)17-13(15(4,5)6)10-16-14(17)18/h10-12H,7-9H2,1-6H3,(H,16,18). The van der Waals surface area contributed by atoms with Crippen LogP contribution in [-0.2, 0) is 5.41 Å². The molecule has 0 amide bonds. The summed E-state index contributed by atoms with van der Waals surface area (Å²) in [5, 5.41) is 0. The number of nitrogens with one attached hydrogen (secondary N) is 1. The highest BCUT2D eigenvalue weighted by atomic mass is 32.1. The van der Waals surface area contributed by atoms with Gasteiger partial charge in [0.25, 0.3) is 0 Å². The minimum Gasteiger partial charge on any atom is -0.337 e. The molecular weight excluding hydrogens is 240 g/mol. The van der Waals surface area contributed by atoms with Gasteiger partial charge in [-0.15, -0.1) is 0 Å². The van der Waals surface area contributed by atoms with Gasteiger partial charge in [0.1, 0.15) is 0 Å². The largest absolute Gasteiger partial charge is 0.337 e. The fraction of sp³-hybridized carbons (Fsp3) is 0.800. The van der Waals surface area contributed by atoms with Crippen LogP contribution in [0.25, 0.3) is 0 Å². The Bertz CT molecular complexity index is 420. The van der Waals surface area contributed by atoms with E-state index in [0.29, 0.717) is 6.04 Å². The maximum Gasteiger partial charge on any atom is 0.177 e. The van der Waals surface area contributed by atoms with Crippen LogP contribution in [0.15, 0.2) is 6.20 Å². The second kappa shape index (κ2) is 6.05. The minimum absolute atomic E-state index is 0.139. The normalized spacial score (nSPS) is 14.2. The van der Waals surface area contributed by atoms with E-state index >= 15 is 0 Å². The maximum absolute atomic E-state index is 5.43. The second-order valence-corrected chi connectivity index (χ2v) is 7.16. The fourth-order valence-electron chi connectivity index (χ4n) is 2.34. The first-order valence-corrected chi connectivity index (χ1v) is 7.44. The highest BCUT2D eigenvalue weighted by Gasteiger charge is 2.21. The van der Waals surface area contributed by atoms with Gasteiger partial charge in [-0.2, -0.15) is 0 Å². The Morgan fingerprint density at radius 3 is 2.33 bits per heavy atom. The van der Waals surface area contributed by atoms with Crippen molar-refractivity contribution in [2.24, 2.45) is 5.92 Å². The molecule has 1 heterocycles. The maximum atomic E-state index is 5.43. The number of hydrogen-bond donors (Lipinski definition) is 1. The summed E-state index contributed by atoms with van der Waals surface area (Å²) < 4.78 is 3.16. The van der Waals surface area contributed by atoms with Crippen molar-refractivity contribution in [3.05, 3.63) is 16.7 Å². The molecule has 1 aromatic heterocycles. The van der Waals surface area contributed by atoms with E-state index in [9.17, 15) is 0 Å². The molecular formula is C15H28N2S. The summed E-state index contributed by atoms with van der Waals surface area (Å²) in [6.07, 6.45) is 5.84. The van der Waals surface area contributed by atoms with E-state index in [1.165, 1.54) is 25.0 Å². The lowest BCUT2D eigenvalue weighted by molar-refractivity contribution is 0.411. The topological polar surface area (TPSA) is 20.7 Å². The number of H-pyrrole nitrogens is 1. The molecule has 104 valence electrons.